The molecular formula is C14H30N4O4. The first-order chi connectivity index (χ1) is 10.3. The third-order valence-corrected chi connectivity index (χ3v) is 4.71. The molecule has 2 rings (SSSR count). The Hall–Kier alpha value is -0.320. The summed E-state index contributed by atoms with van der Waals surface area (Å²) in [4.78, 5) is 0. The van der Waals surface area contributed by atoms with E-state index in [2.05, 4.69) is 5.32 Å². The molecule has 22 heavy (non-hydrogen) atoms. The first kappa shape index (κ1) is 18.0. The van der Waals surface area contributed by atoms with Gasteiger partial charge in [0, 0.05) is 12.1 Å². The summed E-state index contributed by atoms with van der Waals surface area (Å²) in [6.45, 7) is 1.88. The molecule has 0 amide bonds. The fourth-order valence-corrected chi connectivity index (χ4v) is 3.30. The highest BCUT2D eigenvalue weighted by molar-refractivity contribution is 4.99. The number of hydrogen-bond acceptors (Lipinski definition) is 8. The second-order valence-corrected chi connectivity index (χ2v) is 6.52. The Labute approximate surface area is 131 Å². The molecule has 9 atom stereocenters. The average molecular weight is 318 g/mol. The number of nitrogens with one attached hydrogen (secondary N) is 1. The lowest BCUT2D eigenvalue weighted by atomic mass is 9.84. The van der Waals surface area contributed by atoms with E-state index in [-0.39, 0.29) is 18.2 Å². The predicted octanol–water partition coefficient (Wildman–Crippen LogP) is -2.41. The first-order valence-corrected chi connectivity index (χ1v) is 7.96. The zero-order chi connectivity index (χ0) is 16.4. The van der Waals surface area contributed by atoms with Gasteiger partial charge in [-0.05, 0) is 33.2 Å². The summed E-state index contributed by atoms with van der Waals surface area (Å²) < 4.78 is 11.7. The monoisotopic (exact) mass is 318 g/mol. The Morgan fingerprint density at radius 3 is 2.50 bits per heavy atom. The standard InChI is InChI=1S/C14H30N4O4/c1-6(15)10-4-3-7(16)14(21-10)22-13-8(17)5-9(19)11(18-2)12(13)20/h6-14,18-20H,3-5,15-17H2,1-2H3. The van der Waals surface area contributed by atoms with Gasteiger partial charge in [0.1, 0.15) is 6.10 Å². The fraction of sp³-hybridized carbons (Fsp3) is 1.00. The molecule has 9 unspecified atom stereocenters. The topological polar surface area (TPSA) is 149 Å². The van der Waals surface area contributed by atoms with E-state index in [0.717, 1.165) is 12.8 Å². The third kappa shape index (κ3) is 3.77. The van der Waals surface area contributed by atoms with E-state index in [0.29, 0.717) is 6.42 Å². The van der Waals surface area contributed by atoms with Gasteiger partial charge >= 0.3 is 0 Å². The SMILES string of the molecule is CNC1C(O)CC(N)C(OC2OC(C(C)N)CCC2N)C1O. The number of hydrogen-bond donors (Lipinski definition) is 6. The van der Waals surface area contributed by atoms with Crippen LogP contribution in [0.15, 0.2) is 0 Å². The second-order valence-electron chi connectivity index (χ2n) is 6.52. The van der Waals surface area contributed by atoms with E-state index in [1.54, 1.807) is 7.05 Å². The number of aliphatic hydroxyl groups is 2. The summed E-state index contributed by atoms with van der Waals surface area (Å²) >= 11 is 0. The van der Waals surface area contributed by atoms with E-state index in [1.807, 2.05) is 6.92 Å². The van der Waals surface area contributed by atoms with Gasteiger partial charge in [0.05, 0.1) is 30.4 Å². The molecule has 8 nitrogen and oxygen atoms in total. The molecule has 1 saturated carbocycles. The van der Waals surface area contributed by atoms with E-state index in [9.17, 15) is 10.2 Å². The van der Waals surface area contributed by atoms with Gasteiger partial charge in [-0.2, -0.15) is 0 Å². The van der Waals surface area contributed by atoms with Gasteiger partial charge in [-0.1, -0.05) is 0 Å². The third-order valence-electron chi connectivity index (χ3n) is 4.71. The van der Waals surface area contributed by atoms with Crippen molar-refractivity contribution in [3.8, 4) is 0 Å². The molecular weight excluding hydrogens is 288 g/mol. The van der Waals surface area contributed by atoms with E-state index in [4.69, 9.17) is 26.7 Å². The Balaban J connectivity index is 2.03. The number of likely N-dealkylation sites (N-methyl/N-ethyl adjacent to an activating group) is 1. The van der Waals surface area contributed by atoms with Crippen molar-refractivity contribution < 1.29 is 19.7 Å². The lowest BCUT2D eigenvalue weighted by Gasteiger charge is -2.45. The highest BCUT2D eigenvalue weighted by Crippen LogP contribution is 2.27. The molecule has 0 bridgehead atoms. The summed E-state index contributed by atoms with van der Waals surface area (Å²) in [7, 11) is 1.68. The first-order valence-electron chi connectivity index (χ1n) is 7.96. The van der Waals surface area contributed by atoms with Crippen LogP contribution in [0.1, 0.15) is 26.2 Å². The summed E-state index contributed by atoms with van der Waals surface area (Å²) in [6.07, 6.45) is -1.20. The summed E-state index contributed by atoms with van der Waals surface area (Å²) in [5.74, 6) is 0. The molecule has 2 fully saturated rings. The minimum Gasteiger partial charge on any atom is -0.391 e. The van der Waals surface area contributed by atoms with E-state index in [1.165, 1.54) is 0 Å². The predicted molar refractivity (Wildman–Crippen MR) is 81.8 cm³/mol. The van der Waals surface area contributed by atoms with Crippen LogP contribution in [0.2, 0.25) is 0 Å². The summed E-state index contributed by atoms with van der Waals surface area (Å²) in [5.41, 5.74) is 18.0. The van der Waals surface area contributed by atoms with Gasteiger partial charge in [-0.15, -0.1) is 0 Å². The quantitative estimate of drug-likeness (QED) is 0.336. The van der Waals surface area contributed by atoms with Gasteiger partial charge in [0.15, 0.2) is 6.29 Å². The van der Waals surface area contributed by atoms with Crippen molar-refractivity contribution in [1.82, 2.24) is 5.32 Å². The van der Waals surface area contributed by atoms with Crippen molar-refractivity contribution in [3.63, 3.8) is 0 Å². The number of rotatable bonds is 4. The molecule has 0 aromatic heterocycles. The molecule has 1 saturated heterocycles. The minimum atomic E-state index is -0.935. The minimum absolute atomic E-state index is 0.115. The Kier molecular flexibility index (Phi) is 6.14. The molecule has 1 aliphatic carbocycles. The van der Waals surface area contributed by atoms with Crippen LogP contribution in [0.4, 0.5) is 0 Å². The Morgan fingerprint density at radius 2 is 1.91 bits per heavy atom. The summed E-state index contributed by atoms with van der Waals surface area (Å²) in [6, 6.07) is -1.38. The van der Waals surface area contributed by atoms with Crippen LogP contribution in [0.5, 0.6) is 0 Å². The maximum Gasteiger partial charge on any atom is 0.173 e. The molecule has 2 aliphatic rings. The largest absolute Gasteiger partial charge is 0.391 e. The van der Waals surface area contributed by atoms with Gasteiger partial charge in [0.25, 0.3) is 0 Å². The van der Waals surface area contributed by atoms with Crippen molar-refractivity contribution in [2.45, 2.75) is 81.1 Å². The smallest absolute Gasteiger partial charge is 0.173 e. The highest BCUT2D eigenvalue weighted by Gasteiger charge is 2.45. The Bertz CT molecular complexity index is 360. The fourth-order valence-electron chi connectivity index (χ4n) is 3.30. The Morgan fingerprint density at radius 1 is 1.23 bits per heavy atom. The van der Waals surface area contributed by atoms with Crippen molar-refractivity contribution in [1.29, 1.82) is 0 Å². The second kappa shape index (κ2) is 7.50. The zero-order valence-corrected chi connectivity index (χ0v) is 13.3. The molecule has 1 aliphatic heterocycles. The lowest BCUT2D eigenvalue weighted by molar-refractivity contribution is -0.252. The molecule has 0 spiro atoms. The molecule has 0 radical (unpaired) electrons. The molecule has 8 heteroatoms. The maximum absolute atomic E-state index is 10.4. The van der Waals surface area contributed by atoms with Gasteiger partial charge in [-0.3, -0.25) is 0 Å². The van der Waals surface area contributed by atoms with Crippen molar-refractivity contribution in [2.24, 2.45) is 17.2 Å². The molecule has 0 aromatic rings. The molecule has 1 heterocycles. The summed E-state index contributed by atoms with van der Waals surface area (Å²) in [5, 5.41) is 23.3. The van der Waals surface area contributed by atoms with Crippen LogP contribution in [0.25, 0.3) is 0 Å². The maximum atomic E-state index is 10.4. The van der Waals surface area contributed by atoms with Gasteiger partial charge in [0.2, 0.25) is 0 Å². The van der Waals surface area contributed by atoms with Crippen LogP contribution in [0.3, 0.4) is 0 Å². The zero-order valence-electron chi connectivity index (χ0n) is 13.3. The van der Waals surface area contributed by atoms with Crippen LogP contribution >= 0.6 is 0 Å². The molecule has 0 aromatic carbocycles. The van der Waals surface area contributed by atoms with E-state index >= 15 is 0 Å². The number of nitrogens with two attached hydrogens (primary N) is 3. The number of aliphatic hydroxyl groups excluding tert-OH is 2. The average Bonchev–Trinajstić information content (AvgIpc) is 2.45. The van der Waals surface area contributed by atoms with Gasteiger partial charge in [-0.25, -0.2) is 0 Å². The number of ether oxygens (including phenoxy) is 2. The van der Waals surface area contributed by atoms with Crippen LogP contribution in [-0.2, 0) is 9.47 Å². The van der Waals surface area contributed by atoms with Gasteiger partial charge < -0.3 is 42.2 Å². The van der Waals surface area contributed by atoms with Crippen LogP contribution < -0.4 is 22.5 Å². The molecule has 9 N–H and O–H groups in total. The van der Waals surface area contributed by atoms with Crippen molar-refractivity contribution >= 4 is 0 Å². The van der Waals surface area contributed by atoms with Crippen molar-refractivity contribution in [3.05, 3.63) is 0 Å². The highest BCUT2D eigenvalue weighted by atomic mass is 16.7. The van der Waals surface area contributed by atoms with Crippen LogP contribution in [0, 0.1) is 0 Å². The van der Waals surface area contributed by atoms with Crippen LogP contribution in [-0.4, -0.2) is 72.1 Å². The van der Waals surface area contributed by atoms with Crippen molar-refractivity contribution in [2.75, 3.05) is 7.05 Å². The lowest BCUT2D eigenvalue weighted by Crippen LogP contribution is -2.65. The molecule has 130 valence electrons. The normalized spacial score (nSPS) is 48.1. The van der Waals surface area contributed by atoms with E-state index < -0.39 is 36.7 Å².